The van der Waals surface area contributed by atoms with E-state index in [2.05, 4.69) is 10.5 Å². The first-order chi connectivity index (χ1) is 14.8. The van der Waals surface area contributed by atoms with Gasteiger partial charge in [0.25, 0.3) is 5.91 Å². The van der Waals surface area contributed by atoms with Crippen molar-refractivity contribution in [3.8, 4) is 5.75 Å². The SMILES string of the molecule is Cc1cc(C)cc(OC(=O)c2oc3c(c2C)/C(=N/NC(=O)c2ccoc2C)CCC3)c1. The van der Waals surface area contributed by atoms with E-state index >= 15 is 0 Å². The van der Waals surface area contributed by atoms with Crippen molar-refractivity contribution >= 4 is 17.6 Å². The van der Waals surface area contributed by atoms with Crippen LogP contribution in [0.15, 0.2) is 44.5 Å². The molecule has 160 valence electrons. The van der Waals surface area contributed by atoms with Gasteiger partial charge >= 0.3 is 5.97 Å². The van der Waals surface area contributed by atoms with Crippen LogP contribution < -0.4 is 10.2 Å². The van der Waals surface area contributed by atoms with Crippen LogP contribution >= 0.6 is 0 Å². The number of rotatable bonds is 4. The minimum atomic E-state index is -0.547. The van der Waals surface area contributed by atoms with E-state index < -0.39 is 5.97 Å². The number of fused-ring (bicyclic) bond motifs is 1. The van der Waals surface area contributed by atoms with E-state index in [9.17, 15) is 9.59 Å². The molecule has 1 amide bonds. The summed E-state index contributed by atoms with van der Waals surface area (Å²) in [5, 5.41) is 4.33. The van der Waals surface area contributed by atoms with Gasteiger partial charge in [-0.05, 0) is 69.9 Å². The Kier molecular flexibility index (Phi) is 5.50. The number of esters is 1. The first-order valence-electron chi connectivity index (χ1n) is 10.2. The van der Waals surface area contributed by atoms with E-state index in [4.69, 9.17) is 13.6 Å². The van der Waals surface area contributed by atoms with Crippen LogP contribution in [-0.4, -0.2) is 17.6 Å². The second-order valence-electron chi connectivity index (χ2n) is 7.81. The zero-order valence-electron chi connectivity index (χ0n) is 18.0. The van der Waals surface area contributed by atoms with Gasteiger partial charge in [0.1, 0.15) is 17.3 Å². The molecule has 0 fully saturated rings. The number of ether oxygens (including phenoxy) is 1. The molecule has 1 aromatic carbocycles. The molecule has 0 aliphatic heterocycles. The van der Waals surface area contributed by atoms with Crippen molar-refractivity contribution in [1.29, 1.82) is 0 Å². The highest BCUT2D eigenvalue weighted by molar-refractivity contribution is 6.06. The summed E-state index contributed by atoms with van der Waals surface area (Å²) in [7, 11) is 0. The van der Waals surface area contributed by atoms with Crippen molar-refractivity contribution in [3.63, 3.8) is 0 Å². The first-order valence-corrected chi connectivity index (χ1v) is 10.2. The Bertz CT molecular complexity index is 1180. The Morgan fingerprint density at radius 2 is 1.81 bits per heavy atom. The van der Waals surface area contributed by atoms with E-state index in [-0.39, 0.29) is 11.7 Å². The Morgan fingerprint density at radius 1 is 1.06 bits per heavy atom. The fourth-order valence-corrected chi connectivity index (χ4v) is 3.92. The highest BCUT2D eigenvalue weighted by Gasteiger charge is 2.29. The third kappa shape index (κ3) is 4.17. The van der Waals surface area contributed by atoms with Crippen LogP contribution in [-0.2, 0) is 6.42 Å². The second-order valence-corrected chi connectivity index (χ2v) is 7.81. The van der Waals surface area contributed by atoms with Gasteiger partial charge < -0.3 is 13.6 Å². The number of nitrogens with one attached hydrogen (secondary N) is 1. The molecule has 1 aliphatic carbocycles. The lowest BCUT2D eigenvalue weighted by Gasteiger charge is -2.13. The van der Waals surface area contributed by atoms with Gasteiger partial charge in [-0.15, -0.1) is 0 Å². The highest BCUT2D eigenvalue weighted by atomic mass is 16.5. The lowest BCUT2D eigenvalue weighted by atomic mass is 9.93. The minimum Gasteiger partial charge on any atom is -0.469 e. The third-order valence-electron chi connectivity index (χ3n) is 5.31. The molecule has 0 saturated heterocycles. The quantitative estimate of drug-likeness (QED) is 0.372. The molecule has 0 atom stereocenters. The van der Waals surface area contributed by atoms with Crippen molar-refractivity contribution < 1.29 is 23.2 Å². The topological polar surface area (TPSA) is 94.0 Å². The molecule has 0 saturated carbocycles. The molecule has 0 bridgehead atoms. The number of carbonyl (C=O) groups is 2. The number of furan rings is 2. The Hall–Kier alpha value is -3.61. The van der Waals surface area contributed by atoms with Gasteiger partial charge in [-0.3, -0.25) is 4.79 Å². The van der Waals surface area contributed by atoms with Crippen LogP contribution in [0.25, 0.3) is 0 Å². The van der Waals surface area contributed by atoms with Crippen LogP contribution in [0.5, 0.6) is 5.75 Å². The molecule has 7 nitrogen and oxygen atoms in total. The van der Waals surface area contributed by atoms with Crippen molar-refractivity contribution in [2.75, 3.05) is 0 Å². The average molecular weight is 420 g/mol. The number of carbonyl (C=O) groups excluding carboxylic acids is 2. The third-order valence-corrected chi connectivity index (χ3v) is 5.31. The second kappa shape index (κ2) is 8.26. The van der Waals surface area contributed by atoms with Crippen molar-refractivity contribution in [3.05, 3.63) is 75.6 Å². The number of aryl methyl sites for hydroxylation is 4. The Labute approximate surface area is 180 Å². The summed E-state index contributed by atoms with van der Waals surface area (Å²) >= 11 is 0. The Balaban J connectivity index is 1.58. The summed E-state index contributed by atoms with van der Waals surface area (Å²) in [6.45, 7) is 7.42. The number of hydrazone groups is 1. The molecule has 3 aromatic rings. The predicted octanol–water partition coefficient (Wildman–Crippen LogP) is 4.80. The Morgan fingerprint density at radius 3 is 2.48 bits per heavy atom. The monoisotopic (exact) mass is 420 g/mol. The molecule has 1 N–H and O–H groups in total. The van der Waals surface area contributed by atoms with Gasteiger partial charge in [0.15, 0.2) is 0 Å². The number of benzene rings is 1. The normalized spacial score (nSPS) is 14.4. The van der Waals surface area contributed by atoms with Crippen molar-refractivity contribution in [2.45, 2.75) is 47.0 Å². The summed E-state index contributed by atoms with van der Waals surface area (Å²) in [5.41, 5.74) is 7.15. The van der Waals surface area contributed by atoms with E-state index in [1.165, 1.54) is 6.26 Å². The minimum absolute atomic E-state index is 0.163. The summed E-state index contributed by atoms with van der Waals surface area (Å²) in [4.78, 5) is 25.2. The molecule has 0 unspecified atom stereocenters. The van der Waals surface area contributed by atoms with Gasteiger partial charge in [-0.2, -0.15) is 5.10 Å². The molecule has 7 heteroatoms. The molecule has 1 aliphatic rings. The molecule has 0 radical (unpaired) electrons. The van der Waals surface area contributed by atoms with Crippen LogP contribution in [0.3, 0.4) is 0 Å². The van der Waals surface area contributed by atoms with Crippen LogP contribution in [0, 0.1) is 27.7 Å². The van der Waals surface area contributed by atoms with Crippen molar-refractivity contribution in [1.82, 2.24) is 5.43 Å². The van der Waals surface area contributed by atoms with Crippen LogP contribution in [0.4, 0.5) is 0 Å². The molecule has 2 aromatic heterocycles. The van der Waals surface area contributed by atoms with Crippen LogP contribution in [0.1, 0.15) is 67.5 Å². The maximum Gasteiger partial charge on any atom is 0.379 e. The zero-order valence-corrected chi connectivity index (χ0v) is 18.0. The smallest absolute Gasteiger partial charge is 0.379 e. The lowest BCUT2D eigenvalue weighted by Crippen LogP contribution is -2.22. The molecule has 0 spiro atoms. The molecular formula is C24H24N2O5. The highest BCUT2D eigenvalue weighted by Crippen LogP contribution is 2.31. The van der Waals surface area contributed by atoms with Crippen molar-refractivity contribution in [2.24, 2.45) is 5.10 Å². The van der Waals surface area contributed by atoms with E-state index in [0.29, 0.717) is 47.0 Å². The fraction of sp³-hybridized carbons (Fsp3) is 0.292. The number of hydrogen-bond acceptors (Lipinski definition) is 6. The zero-order chi connectivity index (χ0) is 22.1. The lowest BCUT2D eigenvalue weighted by molar-refractivity contribution is 0.0698. The van der Waals surface area contributed by atoms with Gasteiger partial charge in [0.2, 0.25) is 5.76 Å². The largest absolute Gasteiger partial charge is 0.469 e. The van der Waals surface area contributed by atoms with Gasteiger partial charge in [0, 0.05) is 17.5 Å². The van der Waals surface area contributed by atoms with E-state index in [0.717, 1.165) is 23.1 Å². The number of nitrogens with zero attached hydrogens (tertiary/aromatic N) is 1. The fourth-order valence-electron chi connectivity index (χ4n) is 3.92. The maximum absolute atomic E-state index is 12.8. The molecular weight excluding hydrogens is 396 g/mol. The van der Waals surface area contributed by atoms with Gasteiger partial charge in [-0.1, -0.05) is 6.07 Å². The molecule has 4 rings (SSSR count). The summed E-state index contributed by atoms with van der Waals surface area (Å²) in [6.07, 6.45) is 3.64. The van der Waals surface area contributed by atoms with E-state index in [1.807, 2.05) is 39.0 Å². The van der Waals surface area contributed by atoms with E-state index in [1.54, 1.807) is 13.0 Å². The van der Waals surface area contributed by atoms with Crippen LogP contribution in [0.2, 0.25) is 0 Å². The average Bonchev–Trinajstić information content (AvgIpc) is 3.29. The first kappa shape index (κ1) is 20.7. The number of amides is 1. The summed E-state index contributed by atoms with van der Waals surface area (Å²) < 4.78 is 16.6. The summed E-state index contributed by atoms with van der Waals surface area (Å²) in [6, 6.07) is 7.23. The number of hydrogen-bond donors (Lipinski definition) is 1. The summed E-state index contributed by atoms with van der Waals surface area (Å²) in [5.74, 6) is 0.959. The molecule has 2 heterocycles. The standard InChI is InChI=1S/C24H24N2O5/c1-13-10-14(2)12-17(11-13)30-24(28)22-15(3)21-19(6-5-7-20(21)31-22)25-26-23(27)18-8-9-29-16(18)4/h8-12H,5-7H2,1-4H3,(H,26,27)/b25-19+. The van der Waals surface area contributed by atoms with Gasteiger partial charge in [-0.25, -0.2) is 10.2 Å². The molecule has 31 heavy (non-hydrogen) atoms. The maximum atomic E-state index is 12.8. The predicted molar refractivity (Wildman–Crippen MR) is 115 cm³/mol. The van der Waals surface area contributed by atoms with Gasteiger partial charge in [0.05, 0.1) is 17.5 Å².